The van der Waals surface area contributed by atoms with E-state index < -0.39 is 29.4 Å². The van der Waals surface area contributed by atoms with Gasteiger partial charge in [0.2, 0.25) is 0 Å². The largest absolute Gasteiger partial charge is 0.417 e. The number of hydrogen-bond donors (Lipinski definition) is 2. The maximum absolute atomic E-state index is 14.3. The molecule has 0 spiro atoms. The van der Waals surface area contributed by atoms with E-state index in [4.69, 9.17) is 0 Å². The lowest BCUT2D eigenvalue weighted by Gasteiger charge is -2.14. The number of carbonyl (C=O) groups excluding carboxylic acids is 2. The third kappa shape index (κ3) is 2.69. The molecule has 0 atom stereocenters. The van der Waals surface area contributed by atoms with E-state index in [9.17, 15) is 27.2 Å². The van der Waals surface area contributed by atoms with Crippen molar-refractivity contribution in [2.45, 2.75) is 13.1 Å². The third-order valence-corrected chi connectivity index (χ3v) is 4.57. The highest BCUT2D eigenvalue weighted by Crippen LogP contribution is 2.41. The van der Waals surface area contributed by atoms with E-state index in [0.29, 0.717) is 5.56 Å². The van der Waals surface area contributed by atoms with Gasteiger partial charge in [-0.1, -0.05) is 29.8 Å². The van der Waals surface area contributed by atoms with Crippen LogP contribution in [-0.4, -0.2) is 11.8 Å². The van der Waals surface area contributed by atoms with Gasteiger partial charge in [-0.05, 0) is 25.1 Å². The summed E-state index contributed by atoms with van der Waals surface area (Å²) in [5, 5.41) is 4.78. The molecular weight excluding hydrogens is 376 g/mol. The molecule has 2 aromatic carbocycles. The molecule has 2 aliphatic rings. The molecule has 2 heterocycles. The van der Waals surface area contributed by atoms with Gasteiger partial charge >= 0.3 is 6.18 Å². The first kappa shape index (κ1) is 18.0. The van der Waals surface area contributed by atoms with Crippen molar-refractivity contribution in [3.63, 3.8) is 0 Å². The van der Waals surface area contributed by atoms with Crippen LogP contribution in [0.15, 0.2) is 53.6 Å². The lowest BCUT2D eigenvalue weighted by molar-refractivity contribution is -0.137. The molecule has 2 aromatic rings. The molecule has 0 unspecified atom stereocenters. The molecule has 142 valence electrons. The Kier molecular flexibility index (Phi) is 3.88. The summed E-state index contributed by atoms with van der Waals surface area (Å²) in [7, 11) is 0. The van der Waals surface area contributed by atoms with Gasteiger partial charge in [-0.25, -0.2) is 4.39 Å². The molecule has 2 N–H and O–H groups in total. The predicted octanol–water partition coefficient (Wildman–Crippen LogP) is 3.53. The lowest BCUT2D eigenvalue weighted by atomic mass is 9.98. The smallest absolute Gasteiger partial charge is 0.321 e. The molecule has 28 heavy (non-hydrogen) atoms. The van der Waals surface area contributed by atoms with Crippen LogP contribution >= 0.6 is 0 Å². The van der Waals surface area contributed by atoms with E-state index in [-0.39, 0.29) is 33.7 Å². The van der Waals surface area contributed by atoms with Crippen molar-refractivity contribution in [2.75, 3.05) is 0 Å². The fraction of sp³-hybridized carbons (Fsp3) is 0.100. The molecule has 0 saturated heterocycles. The Balaban J connectivity index is 1.97. The second-order valence-corrected chi connectivity index (χ2v) is 6.43. The Bertz CT molecular complexity index is 1110. The van der Waals surface area contributed by atoms with Crippen LogP contribution in [0.3, 0.4) is 0 Å². The number of aryl methyl sites for hydroxylation is 1. The van der Waals surface area contributed by atoms with Crippen molar-refractivity contribution < 1.29 is 27.2 Å². The number of hydrogen-bond acceptors (Lipinski definition) is 2. The summed E-state index contributed by atoms with van der Waals surface area (Å²) < 4.78 is 54.4. The Hall–Kier alpha value is -3.42. The van der Waals surface area contributed by atoms with Crippen molar-refractivity contribution in [1.82, 2.24) is 10.6 Å². The first-order chi connectivity index (χ1) is 13.2. The van der Waals surface area contributed by atoms with Gasteiger partial charge in [0.1, 0.15) is 5.82 Å². The first-order valence-corrected chi connectivity index (χ1v) is 8.23. The van der Waals surface area contributed by atoms with E-state index in [1.807, 2.05) is 0 Å². The van der Waals surface area contributed by atoms with Gasteiger partial charge in [0, 0.05) is 11.1 Å². The van der Waals surface area contributed by atoms with Gasteiger partial charge in [0.15, 0.2) is 0 Å². The quantitative estimate of drug-likeness (QED) is 0.774. The molecule has 0 saturated carbocycles. The molecule has 0 bridgehead atoms. The molecule has 2 amide bonds. The van der Waals surface area contributed by atoms with Crippen LogP contribution in [0.5, 0.6) is 0 Å². The number of nitrogens with one attached hydrogen (secondary N) is 2. The zero-order valence-corrected chi connectivity index (χ0v) is 14.4. The van der Waals surface area contributed by atoms with Crippen LogP contribution in [0.4, 0.5) is 17.6 Å². The Morgan fingerprint density at radius 3 is 2.00 bits per heavy atom. The highest BCUT2D eigenvalue weighted by molar-refractivity contribution is 6.30. The standard InChI is InChI=1S/C20H12F4N2O2/c1-9-6-7-13(21)11(8-9)17-15-14(18(27)26-17)16(25-19(15)28)10-4-2-3-5-12(10)20(22,23)24/h2-8H,1H3,(H,25,28)(H,26,27). The van der Waals surface area contributed by atoms with Gasteiger partial charge in [0.25, 0.3) is 11.8 Å². The summed E-state index contributed by atoms with van der Waals surface area (Å²) in [6, 6.07) is 8.80. The maximum atomic E-state index is 14.3. The molecular formula is C20H12F4N2O2. The maximum Gasteiger partial charge on any atom is 0.417 e. The van der Waals surface area contributed by atoms with Crippen molar-refractivity contribution >= 4 is 23.2 Å². The average molecular weight is 388 g/mol. The molecule has 2 aliphatic heterocycles. The molecule has 0 aliphatic carbocycles. The summed E-state index contributed by atoms with van der Waals surface area (Å²) in [6.07, 6.45) is -4.68. The molecule has 0 aromatic heterocycles. The highest BCUT2D eigenvalue weighted by Gasteiger charge is 2.43. The number of rotatable bonds is 2. The number of halogens is 4. The molecule has 0 fully saturated rings. The van der Waals surface area contributed by atoms with Crippen LogP contribution in [0.25, 0.3) is 11.4 Å². The summed E-state index contributed by atoms with van der Waals surface area (Å²) in [5.74, 6) is -2.20. The number of alkyl halides is 3. The SMILES string of the molecule is Cc1ccc(F)c(C2=C3C(=O)NC(c4ccccc4C(F)(F)F)=C3C(=O)N2)c1. The number of benzene rings is 2. The van der Waals surface area contributed by atoms with E-state index >= 15 is 0 Å². The van der Waals surface area contributed by atoms with Crippen LogP contribution in [0.1, 0.15) is 22.3 Å². The zero-order chi connectivity index (χ0) is 20.2. The van der Waals surface area contributed by atoms with Crippen LogP contribution in [0, 0.1) is 12.7 Å². The highest BCUT2D eigenvalue weighted by atomic mass is 19.4. The van der Waals surface area contributed by atoms with Gasteiger partial charge in [-0.2, -0.15) is 13.2 Å². The molecule has 8 heteroatoms. The average Bonchev–Trinajstić information content (AvgIpc) is 3.15. The third-order valence-electron chi connectivity index (χ3n) is 4.57. The van der Waals surface area contributed by atoms with Crippen LogP contribution in [0.2, 0.25) is 0 Å². The molecule has 4 nitrogen and oxygen atoms in total. The predicted molar refractivity (Wildman–Crippen MR) is 92.7 cm³/mol. The molecule has 4 rings (SSSR count). The number of amides is 2. The minimum atomic E-state index is -4.68. The fourth-order valence-electron chi connectivity index (χ4n) is 3.36. The van der Waals surface area contributed by atoms with Crippen molar-refractivity contribution in [1.29, 1.82) is 0 Å². The van der Waals surface area contributed by atoms with Gasteiger partial charge in [-0.15, -0.1) is 0 Å². The number of fused-ring (bicyclic) bond motifs is 1. The Morgan fingerprint density at radius 1 is 0.821 bits per heavy atom. The summed E-state index contributed by atoms with van der Waals surface area (Å²) in [6.45, 7) is 1.71. The monoisotopic (exact) mass is 388 g/mol. The van der Waals surface area contributed by atoms with E-state index in [1.165, 1.54) is 36.4 Å². The van der Waals surface area contributed by atoms with Crippen LogP contribution < -0.4 is 10.6 Å². The topological polar surface area (TPSA) is 58.2 Å². The van der Waals surface area contributed by atoms with Gasteiger partial charge < -0.3 is 10.6 Å². The van der Waals surface area contributed by atoms with Crippen LogP contribution in [-0.2, 0) is 15.8 Å². The van der Waals surface area contributed by atoms with E-state index in [2.05, 4.69) is 10.6 Å². The normalized spacial score (nSPS) is 16.5. The Morgan fingerprint density at radius 2 is 1.39 bits per heavy atom. The van der Waals surface area contributed by atoms with Crippen molar-refractivity contribution in [3.05, 3.63) is 81.7 Å². The van der Waals surface area contributed by atoms with Gasteiger partial charge in [-0.3, -0.25) is 9.59 Å². The van der Waals surface area contributed by atoms with E-state index in [0.717, 1.165) is 6.07 Å². The summed E-state index contributed by atoms with van der Waals surface area (Å²) in [4.78, 5) is 25.0. The zero-order valence-electron chi connectivity index (χ0n) is 14.4. The summed E-state index contributed by atoms with van der Waals surface area (Å²) in [5.41, 5.74) is -1.31. The van der Waals surface area contributed by atoms with Crippen molar-refractivity contribution in [3.8, 4) is 0 Å². The second kappa shape index (κ2) is 6.05. The van der Waals surface area contributed by atoms with Crippen molar-refractivity contribution in [2.24, 2.45) is 0 Å². The second-order valence-electron chi connectivity index (χ2n) is 6.43. The minimum absolute atomic E-state index is 0.00106. The molecule has 0 radical (unpaired) electrons. The fourth-order valence-corrected chi connectivity index (χ4v) is 3.36. The van der Waals surface area contributed by atoms with E-state index in [1.54, 1.807) is 6.92 Å². The Labute approximate surface area is 156 Å². The number of carbonyl (C=O) groups is 2. The lowest BCUT2D eigenvalue weighted by Crippen LogP contribution is -2.23. The minimum Gasteiger partial charge on any atom is -0.321 e. The van der Waals surface area contributed by atoms with Gasteiger partial charge in [0.05, 0.1) is 28.1 Å². The summed E-state index contributed by atoms with van der Waals surface area (Å²) >= 11 is 0. The first-order valence-electron chi connectivity index (χ1n) is 8.23.